The Balaban J connectivity index is 1.81. The van der Waals surface area contributed by atoms with Crippen LogP contribution < -0.4 is 5.32 Å². The number of nitrogens with one attached hydrogen (secondary N) is 1. The highest BCUT2D eigenvalue weighted by molar-refractivity contribution is 7.20. The van der Waals surface area contributed by atoms with Crippen molar-refractivity contribution in [2.75, 3.05) is 18.4 Å². The van der Waals surface area contributed by atoms with E-state index >= 15 is 0 Å². The van der Waals surface area contributed by atoms with E-state index in [4.69, 9.17) is 0 Å². The Bertz CT molecular complexity index is 935. The Morgan fingerprint density at radius 1 is 1.23 bits per heavy atom. The number of carbonyl (C=O) groups excluding carboxylic acids is 2. The molecule has 0 fully saturated rings. The summed E-state index contributed by atoms with van der Waals surface area (Å²) in [7, 11) is 1.87. The van der Waals surface area contributed by atoms with Gasteiger partial charge in [0.1, 0.15) is 4.83 Å². The predicted molar refractivity (Wildman–Crippen MR) is 105 cm³/mol. The van der Waals surface area contributed by atoms with Gasteiger partial charge in [0.25, 0.3) is 11.8 Å². The summed E-state index contributed by atoms with van der Waals surface area (Å²) in [6.45, 7) is 7.14. The van der Waals surface area contributed by atoms with Gasteiger partial charge in [-0.3, -0.25) is 14.3 Å². The van der Waals surface area contributed by atoms with Gasteiger partial charge in [-0.05, 0) is 45.0 Å². The van der Waals surface area contributed by atoms with Gasteiger partial charge >= 0.3 is 0 Å². The molecule has 0 unspecified atom stereocenters. The van der Waals surface area contributed by atoms with Crippen LogP contribution in [0.2, 0.25) is 0 Å². The second-order valence-corrected chi connectivity index (χ2v) is 7.08. The van der Waals surface area contributed by atoms with Gasteiger partial charge < -0.3 is 10.2 Å². The van der Waals surface area contributed by atoms with E-state index in [9.17, 15) is 9.59 Å². The van der Waals surface area contributed by atoms with E-state index in [2.05, 4.69) is 10.4 Å². The molecule has 0 aliphatic rings. The third-order valence-corrected chi connectivity index (χ3v) is 5.54. The summed E-state index contributed by atoms with van der Waals surface area (Å²) in [6.07, 6.45) is 0. The molecule has 1 N–H and O–H groups in total. The molecule has 3 rings (SSSR count). The summed E-state index contributed by atoms with van der Waals surface area (Å²) in [6, 6.07) is 8.93. The summed E-state index contributed by atoms with van der Waals surface area (Å²) in [5, 5.41) is 8.23. The molecule has 0 aliphatic carbocycles. The standard InChI is InChI=1S/C19H22N4O2S/c1-5-23(6-2)18(25)13-8-7-9-14(10-13)20-17(24)16-11-15-12(3)21-22(4)19(15)26-16/h7-11H,5-6H2,1-4H3,(H,20,24). The number of benzene rings is 1. The maximum atomic E-state index is 12.6. The van der Waals surface area contributed by atoms with Crippen LogP contribution in [-0.4, -0.2) is 39.6 Å². The molecular weight excluding hydrogens is 348 g/mol. The van der Waals surface area contributed by atoms with E-state index in [-0.39, 0.29) is 11.8 Å². The topological polar surface area (TPSA) is 67.2 Å². The van der Waals surface area contributed by atoms with E-state index in [1.165, 1.54) is 11.3 Å². The number of anilines is 1. The summed E-state index contributed by atoms with van der Waals surface area (Å²) in [4.78, 5) is 28.4. The van der Waals surface area contributed by atoms with E-state index in [0.717, 1.165) is 15.9 Å². The van der Waals surface area contributed by atoms with E-state index in [1.807, 2.05) is 33.9 Å². The molecule has 2 amide bonds. The molecule has 2 aromatic heterocycles. The molecule has 0 saturated heterocycles. The summed E-state index contributed by atoms with van der Waals surface area (Å²) in [5.41, 5.74) is 2.09. The van der Waals surface area contributed by atoms with Crippen molar-refractivity contribution < 1.29 is 9.59 Å². The predicted octanol–water partition coefficient (Wildman–Crippen LogP) is 3.68. The average molecular weight is 370 g/mol. The number of aromatic nitrogens is 2. The minimum Gasteiger partial charge on any atom is -0.339 e. The number of nitrogens with zero attached hydrogens (tertiary/aromatic N) is 3. The van der Waals surface area contributed by atoms with Gasteiger partial charge in [0, 0.05) is 36.8 Å². The van der Waals surface area contributed by atoms with Crippen molar-refractivity contribution in [2.24, 2.45) is 7.05 Å². The minimum atomic E-state index is -0.182. The van der Waals surface area contributed by atoms with Gasteiger partial charge in [0.2, 0.25) is 0 Å². The van der Waals surface area contributed by atoms with Crippen molar-refractivity contribution >= 4 is 39.1 Å². The molecular formula is C19H22N4O2S. The highest BCUT2D eigenvalue weighted by Crippen LogP contribution is 2.28. The zero-order valence-electron chi connectivity index (χ0n) is 15.4. The van der Waals surface area contributed by atoms with Crippen molar-refractivity contribution in [3.63, 3.8) is 0 Å². The number of thiophene rings is 1. The molecule has 7 heteroatoms. The van der Waals surface area contributed by atoms with Crippen LogP contribution in [0.4, 0.5) is 5.69 Å². The fraction of sp³-hybridized carbons (Fsp3) is 0.316. The van der Waals surface area contributed by atoms with Crippen LogP contribution in [0.1, 0.15) is 39.6 Å². The monoisotopic (exact) mass is 370 g/mol. The lowest BCUT2D eigenvalue weighted by molar-refractivity contribution is 0.0772. The maximum absolute atomic E-state index is 12.6. The Morgan fingerprint density at radius 2 is 1.96 bits per heavy atom. The number of rotatable bonds is 5. The molecule has 6 nitrogen and oxygen atoms in total. The van der Waals surface area contributed by atoms with Gasteiger partial charge in [-0.1, -0.05) is 6.07 Å². The molecule has 3 aromatic rings. The molecule has 26 heavy (non-hydrogen) atoms. The van der Waals surface area contributed by atoms with Crippen LogP contribution >= 0.6 is 11.3 Å². The molecule has 0 aliphatic heterocycles. The number of aryl methyl sites for hydroxylation is 2. The molecule has 2 heterocycles. The van der Waals surface area contributed by atoms with Crippen molar-refractivity contribution in [1.29, 1.82) is 0 Å². The Labute approximate surface area is 156 Å². The zero-order valence-corrected chi connectivity index (χ0v) is 16.2. The number of amides is 2. The Hall–Kier alpha value is -2.67. The quantitative estimate of drug-likeness (QED) is 0.745. The van der Waals surface area contributed by atoms with Crippen LogP contribution in [-0.2, 0) is 7.05 Å². The average Bonchev–Trinajstić information content (AvgIpc) is 3.18. The summed E-state index contributed by atoms with van der Waals surface area (Å²) in [5.74, 6) is -0.215. The lowest BCUT2D eigenvalue weighted by Gasteiger charge is -2.18. The van der Waals surface area contributed by atoms with Crippen molar-refractivity contribution in [1.82, 2.24) is 14.7 Å². The molecule has 0 saturated carbocycles. The van der Waals surface area contributed by atoms with Crippen molar-refractivity contribution in [3.8, 4) is 0 Å². The van der Waals surface area contributed by atoms with Crippen LogP contribution in [0.15, 0.2) is 30.3 Å². The molecule has 0 spiro atoms. The summed E-state index contributed by atoms with van der Waals surface area (Å²) >= 11 is 1.41. The van der Waals surface area contributed by atoms with Crippen LogP contribution in [0.5, 0.6) is 0 Å². The summed E-state index contributed by atoms with van der Waals surface area (Å²) < 4.78 is 1.79. The lowest BCUT2D eigenvalue weighted by Crippen LogP contribution is -2.30. The SMILES string of the molecule is CCN(CC)C(=O)c1cccc(NC(=O)c2cc3c(C)nn(C)c3s2)c1. The smallest absolute Gasteiger partial charge is 0.265 e. The molecule has 1 aromatic carbocycles. The van der Waals surface area contributed by atoms with Gasteiger partial charge in [0.05, 0.1) is 10.6 Å². The molecule has 0 radical (unpaired) electrons. The van der Waals surface area contributed by atoms with Gasteiger partial charge in [0.15, 0.2) is 0 Å². The van der Waals surface area contributed by atoms with Crippen LogP contribution in [0.3, 0.4) is 0 Å². The largest absolute Gasteiger partial charge is 0.339 e. The highest BCUT2D eigenvalue weighted by Gasteiger charge is 2.17. The first-order valence-corrected chi connectivity index (χ1v) is 9.40. The second-order valence-electron chi connectivity index (χ2n) is 6.05. The van der Waals surface area contributed by atoms with E-state index < -0.39 is 0 Å². The third kappa shape index (κ3) is 3.35. The minimum absolute atomic E-state index is 0.0327. The Kier molecular flexibility index (Phi) is 5.08. The van der Waals surface area contributed by atoms with E-state index in [0.29, 0.717) is 29.2 Å². The second kappa shape index (κ2) is 7.29. The van der Waals surface area contributed by atoms with Gasteiger partial charge in [-0.15, -0.1) is 11.3 Å². The normalized spacial score (nSPS) is 10.9. The van der Waals surface area contributed by atoms with Gasteiger partial charge in [-0.2, -0.15) is 5.10 Å². The number of hydrogen-bond acceptors (Lipinski definition) is 4. The van der Waals surface area contributed by atoms with Gasteiger partial charge in [-0.25, -0.2) is 0 Å². The molecule has 0 bridgehead atoms. The first kappa shape index (κ1) is 18.1. The number of hydrogen-bond donors (Lipinski definition) is 1. The fourth-order valence-electron chi connectivity index (χ4n) is 2.93. The van der Waals surface area contributed by atoms with Crippen LogP contribution in [0.25, 0.3) is 10.2 Å². The molecule has 136 valence electrons. The van der Waals surface area contributed by atoms with Crippen molar-refractivity contribution in [2.45, 2.75) is 20.8 Å². The first-order chi connectivity index (χ1) is 12.4. The Morgan fingerprint density at radius 3 is 2.62 bits per heavy atom. The van der Waals surface area contributed by atoms with E-state index in [1.54, 1.807) is 33.8 Å². The number of carbonyl (C=O) groups is 2. The lowest BCUT2D eigenvalue weighted by atomic mass is 10.1. The first-order valence-electron chi connectivity index (χ1n) is 8.58. The third-order valence-electron chi connectivity index (χ3n) is 4.34. The molecule has 0 atom stereocenters. The van der Waals surface area contributed by atoms with Crippen molar-refractivity contribution in [3.05, 3.63) is 46.5 Å². The fourth-order valence-corrected chi connectivity index (χ4v) is 3.95. The van der Waals surface area contributed by atoms with Crippen LogP contribution in [0, 0.1) is 6.92 Å². The maximum Gasteiger partial charge on any atom is 0.265 e. The highest BCUT2D eigenvalue weighted by atomic mass is 32.1. The zero-order chi connectivity index (χ0) is 18.8. The number of fused-ring (bicyclic) bond motifs is 1.